The van der Waals surface area contributed by atoms with E-state index in [0.717, 1.165) is 24.6 Å². The molecule has 0 amide bonds. The second-order valence-electron chi connectivity index (χ2n) is 10.9. The Bertz CT molecular complexity index is 1150. The lowest BCUT2D eigenvalue weighted by atomic mass is 9.79. The molecule has 0 aliphatic carbocycles. The van der Waals surface area contributed by atoms with Crippen molar-refractivity contribution in [3.63, 3.8) is 0 Å². The molecule has 0 radical (unpaired) electrons. The molecule has 4 rings (SSSR count). The molecular weight excluding hydrogens is 477 g/mol. The lowest BCUT2D eigenvalue weighted by Crippen LogP contribution is -2.60. The summed E-state index contributed by atoms with van der Waals surface area (Å²) in [5, 5.41) is 18.7. The number of halogens is 1. The fourth-order valence-corrected chi connectivity index (χ4v) is 4.97. The Kier molecular flexibility index (Phi) is 7.51. The number of nitrogens with one attached hydrogen (secondary N) is 3. The maximum absolute atomic E-state index is 14.7. The van der Waals surface area contributed by atoms with E-state index in [0.29, 0.717) is 30.3 Å². The van der Waals surface area contributed by atoms with E-state index in [1.807, 2.05) is 18.2 Å². The van der Waals surface area contributed by atoms with E-state index in [9.17, 15) is 4.39 Å². The van der Waals surface area contributed by atoms with Gasteiger partial charge in [-0.15, -0.1) is 0 Å². The minimum absolute atomic E-state index is 0.0332. The van der Waals surface area contributed by atoms with Crippen LogP contribution >= 0.6 is 0 Å². The molecule has 1 aromatic carbocycles. The number of anilines is 3. The zero-order valence-electron chi connectivity index (χ0n) is 22.0. The Labute approximate surface area is 216 Å². The fourth-order valence-electron chi connectivity index (χ4n) is 4.97. The van der Waals surface area contributed by atoms with E-state index in [-0.39, 0.29) is 35.0 Å². The number of hydrogen-bond donors (Lipinski definition) is 4. The van der Waals surface area contributed by atoms with Gasteiger partial charge in [0.25, 0.3) is 0 Å². The van der Waals surface area contributed by atoms with E-state index in [2.05, 4.69) is 70.6 Å². The summed E-state index contributed by atoms with van der Waals surface area (Å²) in [5.41, 5.74) is 1.71. The second kappa shape index (κ2) is 10.5. The van der Waals surface area contributed by atoms with Gasteiger partial charge in [0.15, 0.2) is 11.6 Å². The van der Waals surface area contributed by atoms with Crippen molar-refractivity contribution in [1.82, 2.24) is 20.3 Å². The largest absolute Gasteiger partial charge is 0.486 e. The predicted octanol–water partition coefficient (Wildman–Crippen LogP) is 4.00. The summed E-state index contributed by atoms with van der Waals surface area (Å²) in [5.74, 6) is 5.68. The number of nitrogens with two attached hydrogens (primary N) is 1. The number of rotatable bonds is 9. The summed E-state index contributed by atoms with van der Waals surface area (Å²) >= 11 is 0. The maximum Gasteiger partial charge on any atom is 0.229 e. The van der Waals surface area contributed by atoms with Gasteiger partial charge in [-0.3, -0.25) is 0 Å². The van der Waals surface area contributed by atoms with Crippen LogP contribution in [0.1, 0.15) is 46.1 Å². The first-order valence-corrected chi connectivity index (χ1v) is 12.2. The summed E-state index contributed by atoms with van der Waals surface area (Å²) in [6, 6.07) is 5.55. The van der Waals surface area contributed by atoms with Crippen molar-refractivity contribution in [3.05, 3.63) is 42.4 Å². The van der Waals surface area contributed by atoms with Gasteiger partial charge in [0, 0.05) is 41.5 Å². The van der Waals surface area contributed by atoms with Gasteiger partial charge in [0.05, 0.1) is 25.1 Å². The van der Waals surface area contributed by atoms with E-state index in [4.69, 9.17) is 15.3 Å². The Balaban J connectivity index is 1.57. The number of benzene rings is 1. The maximum atomic E-state index is 14.7. The average Bonchev–Trinajstić information content (AvgIpc) is 2.76. The minimum atomic E-state index is -0.510. The fraction of sp³-hybridized carbons (Fsp3) is 0.520. The quantitative estimate of drug-likeness (QED) is 0.223. The topological polar surface area (TPSA) is 134 Å². The minimum Gasteiger partial charge on any atom is -0.486 e. The first kappa shape index (κ1) is 26.6. The third-order valence-electron chi connectivity index (χ3n) is 6.26. The van der Waals surface area contributed by atoms with Crippen LogP contribution in [0.3, 0.4) is 0 Å². The smallest absolute Gasteiger partial charge is 0.229 e. The highest BCUT2D eigenvalue weighted by atomic mass is 19.1. The van der Waals surface area contributed by atoms with Crippen LogP contribution in [0.15, 0.2) is 41.4 Å². The summed E-state index contributed by atoms with van der Waals surface area (Å²) in [6.45, 7) is 13.7. The molecule has 2 aliphatic heterocycles. The van der Waals surface area contributed by atoms with Crippen LogP contribution in [0, 0.1) is 5.82 Å². The third-order valence-corrected chi connectivity index (χ3v) is 6.26. The first-order chi connectivity index (χ1) is 17.4. The zero-order chi connectivity index (χ0) is 26.8. The van der Waals surface area contributed by atoms with Crippen molar-refractivity contribution in [2.45, 2.75) is 63.8 Å². The van der Waals surface area contributed by atoms with Gasteiger partial charge in [-0.25, -0.2) is 14.4 Å². The molecule has 2 aromatic rings. The van der Waals surface area contributed by atoms with Crippen molar-refractivity contribution in [3.8, 4) is 5.75 Å². The monoisotopic (exact) mass is 513 g/mol. The van der Waals surface area contributed by atoms with Gasteiger partial charge in [0.1, 0.15) is 11.9 Å². The van der Waals surface area contributed by atoms with Gasteiger partial charge in [-0.1, -0.05) is 11.8 Å². The van der Waals surface area contributed by atoms with Crippen LogP contribution in [0.2, 0.25) is 0 Å². The molecule has 0 atom stereocenters. The number of piperidine rings is 1. The Hall–Kier alpha value is -3.51. The Morgan fingerprint density at radius 1 is 1.24 bits per heavy atom. The van der Waals surface area contributed by atoms with Crippen LogP contribution in [-0.2, 0) is 4.74 Å². The third kappa shape index (κ3) is 6.83. The van der Waals surface area contributed by atoms with Crippen molar-refractivity contribution in [1.29, 1.82) is 0 Å². The van der Waals surface area contributed by atoms with E-state index >= 15 is 0 Å². The predicted molar refractivity (Wildman–Crippen MR) is 141 cm³/mol. The van der Waals surface area contributed by atoms with E-state index < -0.39 is 5.82 Å². The van der Waals surface area contributed by atoms with Gasteiger partial charge in [-0.05, 0) is 57.9 Å². The van der Waals surface area contributed by atoms with Crippen LogP contribution in [0.4, 0.5) is 21.8 Å². The molecule has 0 saturated carbocycles. The van der Waals surface area contributed by atoms with Gasteiger partial charge < -0.3 is 31.3 Å². The molecule has 11 nitrogen and oxygen atoms in total. The van der Waals surface area contributed by atoms with Gasteiger partial charge >= 0.3 is 0 Å². The molecular formula is C25H36FN9O2. The molecule has 0 unspecified atom stereocenters. The molecule has 0 spiro atoms. The van der Waals surface area contributed by atoms with Crippen molar-refractivity contribution >= 4 is 23.2 Å². The summed E-state index contributed by atoms with van der Waals surface area (Å²) < 4.78 is 26.0. The highest BCUT2D eigenvalue weighted by Gasteiger charge is 2.38. The highest BCUT2D eigenvalue weighted by molar-refractivity contribution is 5.69. The summed E-state index contributed by atoms with van der Waals surface area (Å²) in [7, 11) is 1.68. The molecule has 2 saturated heterocycles. The molecule has 12 heteroatoms. The van der Waals surface area contributed by atoms with Gasteiger partial charge in [0.2, 0.25) is 5.95 Å². The average molecular weight is 514 g/mol. The van der Waals surface area contributed by atoms with Gasteiger partial charge in [-0.2, -0.15) is 4.98 Å². The Morgan fingerprint density at radius 3 is 2.57 bits per heavy atom. The normalized spacial score (nSPS) is 19.3. The van der Waals surface area contributed by atoms with Crippen molar-refractivity contribution < 1.29 is 13.9 Å². The number of ether oxygens (including phenoxy) is 2. The molecule has 200 valence electrons. The molecule has 37 heavy (non-hydrogen) atoms. The molecule has 2 fully saturated rings. The standard InChI is InChI=1S/C25H36FN9O2/c1-15(35(6)34-33-27)16-7-17(9-19(8-16)37-20-13-36-14-20)30-23-28-12-21(26)22(31-23)29-18-10-24(2,3)32-25(4,5)11-18/h7-9,12,18,20,32H,1,10-11,13-14H2,2-6H3,(H2,27,34)(H2,28,29,30,31). The van der Waals surface area contributed by atoms with E-state index in [1.54, 1.807) is 7.05 Å². The SMILES string of the molecule is C=C(c1cc(Nc2ncc(F)c(NC3CC(C)(C)NC(C)(C)C3)n2)cc(OC2COC2)c1)N(C)/N=N\N. The van der Waals surface area contributed by atoms with Crippen molar-refractivity contribution in [2.24, 2.45) is 16.3 Å². The molecule has 2 aliphatic rings. The van der Waals surface area contributed by atoms with Crippen molar-refractivity contribution in [2.75, 3.05) is 30.9 Å². The molecule has 3 heterocycles. The molecule has 0 bridgehead atoms. The summed E-state index contributed by atoms with van der Waals surface area (Å²) in [4.78, 5) is 8.59. The first-order valence-electron chi connectivity index (χ1n) is 12.2. The Morgan fingerprint density at radius 2 is 1.95 bits per heavy atom. The molecule has 1 aromatic heterocycles. The highest BCUT2D eigenvalue weighted by Crippen LogP contribution is 2.32. The summed E-state index contributed by atoms with van der Waals surface area (Å²) in [6.07, 6.45) is 2.78. The van der Waals surface area contributed by atoms with Crippen LogP contribution in [0.5, 0.6) is 5.75 Å². The second-order valence-corrected chi connectivity index (χ2v) is 10.9. The number of nitrogens with zero attached hydrogens (tertiary/aromatic N) is 5. The van der Waals surface area contributed by atoms with E-state index in [1.165, 1.54) is 5.01 Å². The van der Waals surface area contributed by atoms with Crippen LogP contribution in [0.25, 0.3) is 5.70 Å². The number of hydrogen-bond acceptors (Lipinski definition) is 9. The zero-order valence-corrected chi connectivity index (χ0v) is 22.0. The number of aromatic nitrogens is 2. The molecule has 5 N–H and O–H groups in total. The van der Waals surface area contributed by atoms with Crippen LogP contribution < -0.4 is 26.5 Å². The lowest BCUT2D eigenvalue weighted by molar-refractivity contribution is -0.0796. The van der Waals surface area contributed by atoms with Crippen LogP contribution in [-0.4, -0.2) is 58.5 Å². The lowest BCUT2D eigenvalue weighted by Gasteiger charge is -2.46.